The number of hydrogen-bond acceptors (Lipinski definition) is 2. The van der Waals surface area contributed by atoms with E-state index in [4.69, 9.17) is 0 Å². The Hall–Kier alpha value is -0.830. The zero-order valence-corrected chi connectivity index (χ0v) is 10.6. The van der Waals surface area contributed by atoms with Crippen molar-refractivity contribution in [3.05, 3.63) is 34.3 Å². The van der Waals surface area contributed by atoms with Crippen molar-refractivity contribution in [2.75, 3.05) is 7.11 Å². The van der Waals surface area contributed by atoms with Crippen LogP contribution in [0.2, 0.25) is 0 Å². The number of esters is 1. The lowest BCUT2D eigenvalue weighted by atomic mass is 9.96. The molecule has 1 aromatic rings. The van der Waals surface area contributed by atoms with Gasteiger partial charge in [0.1, 0.15) is 0 Å². The van der Waals surface area contributed by atoms with Gasteiger partial charge in [0.2, 0.25) is 0 Å². The number of ether oxygens (including phenoxy) is 1. The maximum atomic E-state index is 11.0. The molecule has 2 nitrogen and oxygen atoms in total. The molecule has 0 amide bonds. The zero-order chi connectivity index (χ0) is 11.3. The molecule has 0 aliphatic carbocycles. The fourth-order valence-electron chi connectivity index (χ4n) is 1.42. The quantitative estimate of drug-likeness (QED) is 0.783. The van der Waals surface area contributed by atoms with Gasteiger partial charge in [-0.2, -0.15) is 0 Å². The third kappa shape index (κ3) is 4.04. The summed E-state index contributed by atoms with van der Waals surface area (Å²) in [6.45, 7) is 2.12. The molecule has 0 saturated carbocycles. The minimum atomic E-state index is -0.142. The van der Waals surface area contributed by atoms with Crippen molar-refractivity contribution in [1.29, 1.82) is 0 Å². The van der Waals surface area contributed by atoms with Gasteiger partial charge in [-0.3, -0.25) is 4.79 Å². The highest BCUT2D eigenvalue weighted by atomic mass is 79.9. The third-order valence-electron chi connectivity index (χ3n) is 2.43. The number of benzene rings is 1. The van der Waals surface area contributed by atoms with E-state index in [0.29, 0.717) is 12.3 Å². The lowest BCUT2D eigenvalue weighted by Crippen LogP contribution is -2.03. The lowest BCUT2D eigenvalue weighted by molar-refractivity contribution is -0.140. The second-order valence-electron chi connectivity index (χ2n) is 3.57. The molecule has 1 aromatic carbocycles. The van der Waals surface area contributed by atoms with Crippen molar-refractivity contribution in [3.63, 3.8) is 0 Å². The summed E-state index contributed by atoms with van der Waals surface area (Å²) in [6, 6.07) is 8.17. The molecular weight excluding hydrogens is 256 g/mol. The molecule has 0 aliphatic heterocycles. The van der Waals surface area contributed by atoms with Crippen LogP contribution >= 0.6 is 15.9 Å². The van der Waals surface area contributed by atoms with Crippen LogP contribution in [0.15, 0.2) is 28.7 Å². The van der Waals surface area contributed by atoms with Crippen LogP contribution in [-0.2, 0) is 9.53 Å². The Labute approximate surface area is 98.8 Å². The summed E-state index contributed by atoms with van der Waals surface area (Å²) >= 11 is 3.43. The van der Waals surface area contributed by atoms with Crippen LogP contribution in [0, 0.1) is 0 Å². The first kappa shape index (κ1) is 12.2. The Morgan fingerprint density at radius 1 is 1.53 bits per heavy atom. The van der Waals surface area contributed by atoms with Gasteiger partial charge in [-0.25, -0.2) is 0 Å². The number of carbonyl (C=O) groups excluding carboxylic acids is 1. The van der Waals surface area contributed by atoms with Crippen molar-refractivity contribution in [3.8, 4) is 0 Å². The van der Waals surface area contributed by atoms with E-state index in [1.807, 2.05) is 12.1 Å². The highest BCUT2D eigenvalue weighted by molar-refractivity contribution is 9.10. The van der Waals surface area contributed by atoms with Gasteiger partial charge in [0, 0.05) is 10.9 Å². The maximum Gasteiger partial charge on any atom is 0.305 e. The van der Waals surface area contributed by atoms with E-state index in [1.165, 1.54) is 12.7 Å². The highest BCUT2D eigenvalue weighted by Gasteiger charge is 2.08. The normalized spacial score (nSPS) is 12.2. The second-order valence-corrected chi connectivity index (χ2v) is 4.49. The predicted octanol–water partition coefficient (Wildman–Crippen LogP) is 3.51. The first-order valence-electron chi connectivity index (χ1n) is 4.95. The van der Waals surface area contributed by atoms with Crippen LogP contribution in [-0.4, -0.2) is 13.1 Å². The van der Waals surface area contributed by atoms with Gasteiger partial charge >= 0.3 is 5.97 Å². The molecular formula is C12H15BrO2. The molecule has 0 fully saturated rings. The molecule has 3 heteroatoms. The molecule has 0 spiro atoms. The summed E-state index contributed by atoms with van der Waals surface area (Å²) in [4.78, 5) is 11.0. The van der Waals surface area contributed by atoms with Gasteiger partial charge in [-0.1, -0.05) is 35.0 Å². The molecule has 0 radical (unpaired) electrons. The Kier molecular flexibility index (Phi) is 4.82. The van der Waals surface area contributed by atoms with Gasteiger partial charge in [0.25, 0.3) is 0 Å². The average Bonchev–Trinajstić information content (AvgIpc) is 2.25. The number of rotatable bonds is 4. The van der Waals surface area contributed by atoms with Crippen LogP contribution in [0.4, 0.5) is 0 Å². The second kappa shape index (κ2) is 5.91. The van der Waals surface area contributed by atoms with Crippen molar-refractivity contribution >= 4 is 21.9 Å². The molecule has 1 rings (SSSR count). The monoisotopic (exact) mass is 270 g/mol. The first-order chi connectivity index (χ1) is 7.13. The summed E-state index contributed by atoms with van der Waals surface area (Å²) in [6.07, 6.45) is 1.30. The molecule has 0 aromatic heterocycles. The van der Waals surface area contributed by atoms with E-state index in [2.05, 4.69) is 39.7 Å². The van der Waals surface area contributed by atoms with Crippen LogP contribution in [0.1, 0.15) is 31.2 Å². The summed E-state index contributed by atoms with van der Waals surface area (Å²) in [7, 11) is 1.42. The van der Waals surface area contributed by atoms with Gasteiger partial charge in [-0.15, -0.1) is 0 Å². The van der Waals surface area contributed by atoms with E-state index in [9.17, 15) is 4.79 Å². The third-order valence-corrected chi connectivity index (χ3v) is 2.92. The van der Waals surface area contributed by atoms with Gasteiger partial charge in [0.05, 0.1) is 7.11 Å². The standard InChI is InChI=1S/C12H15BrO2/c1-9(6-7-12(14)15-2)10-4-3-5-11(13)8-10/h3-5,8-9H,6-7H2,1-2H3. The van der Waals surface area contributed by atoms with E-state index >= 15 is 0 Å². The molecule has 15 heavy (non-hydrogen) atoms. The minimum Gasteiger partial charge on any atom is -0.469 e. The van der Waals surface area contributed by atoms with E-state index < -0.39 is 0 Å². The number of halogens is 1. The lowest BCUT2D eigenvalue weighted by Gasteiger charge is -2.11. The molecule has 1 atom stereocenters. The van der Waals surface area contributed by atoms with Gasteiger partial charge in [0.15, 0.2) is 0 Å². The Bertz CT molecular complexity index is 336. The van der Waals surface area contributed by atoms with Crippen LogP contribution in [0.25, 0.3) is 0 Å². The average molecular weight is 271 g/mol. The van der Waals surface area contributed by atoms with Gasteiger partial charge < -0.3 is 4.74 Å². The largest absolute Gasteiger partial charge is 0.469 e. The molecule has 0 N–H and O–H groups in total. The Morgan fingerprint density at radius 2 is 2.27 bits per heavy atom. The minimum absolute atomic E-state index is 0.142. The van der Waals surface area contributed by atoms with Crippen LogP contribution in [0.5, 0.6) is 0 Å². The highest BCUT2D eigenvalue weighted by Crippen LogP contribution is 2.23. The number of carbonyl (C=O) groups is 1. The van der Waals surface area contributed by atoms with Crippen LogP contribution in [0.3, 0.4) is 0 Å². The summed E-state index contributed by atoms with van der Waals surface area (Å²) in [5.74, 6) is 0.235. The van der Waals surface area contributed by atoms with Crippen molar-refractivity contribution < 1.29 is 9.53 Å². The van der Waals surface area contributed by atoms with Crippen molar-refractivity contribution in [1.82, 2.24) is 0 Å². The molecule has 1 unspecified atom stereocenters. The van der Waals surface area contributed by atoms with E-state index in [-0.39, 0.29) is 5.97 Å². The topological polar surface area (TPSA) is 26.3 Å². The smallest absolute Gasteiger partial charge is 0.305 e. The molecule has 0 bridgehead atoms. The Morgan fingerprint density at radius 3 is 2.87 bits per heavy atom. The molecule has 0 saturated heterocycles. The van der Waals surface area contributed by atoms with E-state index in [0.717, 1.165) is 10.9 Å². The van der Waals surface area contributed by atoms with Crippen LogP contribution < -0.4 is 0 Å². The van der Waals surface area contributed by atoms with E-state index in [1.54, 1.807) is 0 Å². The maximum absolute atomic E-state index is 11.0. The number of hydrogen-bond donors (Lipinski definition) is 0. The zero-order valence-electron chi connectivity index (χ0n) is 9.00. The SMILES string of the molecule is COC(=O)CCC(C)c1cccc(Br)c1. The molecule has 82 valence electrons. The van der Waals surface area contributed by atoms with Crippen molar-refractivity contribution in [2.45, 2.75) is 25.7 Å². The van der Waals surface area contributed by atoms with Gasteiger partial charge in [-0.05, 0) is 30.0 Å². The first-order valence-corrected chi connectivity index (χ1v) is 5.75. The fraction of sp³-hybridized carbons (Fsp3) is 0.417. The Balaban J connectivity index is 2.53. The fourth-order valence-corrected chi connectivity index (χ4v) is 1.83. The summed E-state index contributed by atoms with van der Waals surface area (Å²) in [5.41, 5.74) is 1.24. The molecule has 0 aliphatic rings. The van der Waals surface area contributed by atoms with Crippen molar-refractivity contribution in [2.24, 2.45) is 0 Å². The summed E-state index contributed by atoms with van der Waals surface area (Å²) in [5, 5.41) is 0. The predicted molar refractivity (Wildman–Crippen MR) is 63.8 cm³/mol. The number of methoxy groups -OCH3 is 1. The summed E-state index contributed by atoms with van der Waals surface area (Å²) < 4.78 is 5.69. The molecule has 0 heterocycles.